The molecule has 2 aromatic carbocycles. The van der Waals surface area contributed by atoms with Crippen molar-refractivity contribution in [2.75, 3.05) is 14.2 Å². The summed E-state index contributed by atoms with van der Waals surface area (Å²) >= 11 is 0. The normalized spacial score (nSPS) is 13.3. The van der Waals surface area contributed by atoms with Gasteiger partial charge < -0.3 is 9.47 Å². The van der Waals surface area contributed by atoms with E-state index >= 15 is 0 Å². The molecule has 0 fully saturated rings. The van der Waals surface area contributed by atoms with E-state index in [-0.39, 0.29) is 27.6 Å². The van der Waals surface area contributed by atoms with Crippen molar-refractivity contribution >= 4 is 0 Å². The maximum absolute atomic E-state index is 6.22. The molecule has 0 spiro atoms. The Kier molecular flexibility index (Phi) is 8.76. The number of methoxy groups -OCH3 is 2. The van der Waals surface area contributed by atoms with E-state index < -0.39 is 0 Å². The molecule has 0 aliphatic carbocycles. The van der Waals surface area contributed by atoms with Crippen molar-refractivity contribution in [3.8, 4) is 11.5 Å². The lowest BCUT2D eigenvalue weighted by molar-refractivity contribution is 0.375. The van der Waals surface area contributed by atoms with Crippen molar-refractivity contribution in [3.05, 3.63) is 57.6 Å². The largest absolute Gasteiger partial charge is 0.496 e. The molecule has 0 unspecified atom stereocenters. The van der Waals surface area contributed by atoms with E-state index in [4.69, 9.17) is 9.47 Å². The molecular formula is C34H54O2. The molecule has 2 aromatic rings. The smallest absolute Gasteiger partial charge is 0.126 e. The summed E-state index contributed by atoms with van der Waals surface area (Å²) in [5, 5.41) is 0. The summed E-state index contributed by atoms with van der Waals surface area (Å²) in [6.07, 6.45) is 2.09. The highest BCUT2D eigenvalue weighted by atomic mass is 16.5. The first-order valence-corrected chi connectivity index (χ1v) is 13.8. The standard InChI is InChI=1S/C34H54O2/c1-16-33(10,11)27-20-23(31(4,5)6)18-25(29(27)35-14)22(3)26-19-24(32(7,8)9)21-28(30(26)36-15)34(12,13)17-2/h18-22H,16-17H2,1-15H3. The summed E-state index contributed by atoms with van der Waals surface area (Å²) in [7, 11) is 3.65. The van der Waals surface area contributed by atoms with Gasteiger partial charge in [-0.25, -0.2) is 0 Å². The molecular weight excluding hydrogens is 440 g/mol. The first kappa shape index (κ1) is 30.3. The number of benzene rings is 2. The average molecular weight is 495 g/mol. The van der Waals surface area contributed by atoms with E-state index in [9.17, 15) is 0 Å². The third-order valence-electron chi connectivity index (χ3n) is 8.53. The van der Waals surface area contributed by atoms with Crippen LogP contribution >= 0.6 is 0 Å². The Morgan fingerprint density at radius 2 is 0.889 bits per heavy atom. The Morgan fingerprint density at radius 3 is 1.11 bits per heavy atom. The topological polar surface area (TPSA) is 18.5 Å². The Morgan fingerprint density at radius 1 is 0.583 bits per heavy atom. The summed E-state index contributed by atoms with van der Waals surface area (Å²) in [4.78, 5) is 0. The Hall–Kier alpha value is -1.96. The van der Waals surface area contributed by atoms with Crippen LogP contribution in [0.3, 0.4) is 0 Å². The van der Waals surface area contributed by atoms with Crippen LogP contribution in [0.2, 0.25) is 0 Å². The van der Waals surface area contributed by atoms with E-state index in [0.29, 0.717) is 0 Å². The molecule has 2 heteroatoms. The molecule has 0 aromatic heterocycles. The number of hydrogen-bond acceptors (Lipinski definition) is 2. The predicted octanol–water partition coefficient (Wildman–Crippen LogP) is 9.83. The van der Waals surface area contributed by atoms with Crippen molar-refractivity contribution in [3.63, 3.8) is 0 Å². The highest BCUT2D eigenvalue weighted by Crippen LogP contribution is 2.48. The fourth-order valence-corrected chi connectivity index (χ4v) is 4.82. The van der Waals surface area contributed by atoms with Crippen LogP contribution in [-0.2, 0) is 21.7 Å². The fraction of sp³-hybridized carbons (Fsp3) is 0.647. The minimum atomic E-state index is 0.00772. The second-order valence-electron chi connectivity index (χ2n) is 14.0. The monoisotopic (exact) mass is 494 g/mol. The van der Waals surface area contributed by atoms with Gasteiger partial charge in [0.25, 0.3) is 0 Å². The van der Waals surface area contributed by atoms with Gasteiger partial charge in [0.2, 0.25) is 0 Å². The molecule has 0 radical (unpaired) electrons. The average Bonchev–Trinajstić information content (AvgIpc) is 2.80. The van der Waals surface area contributed by atoms with Gasteiger partial charge >= 0.3 is 0 Å². The molecule has 202 valence electrons. The van der Waals surface area contributed by atoms with Crippen LogP contribution in [0.15, 0.2) is 24.3 Å². The third kappa shape index (κ3) is 5.95. The summed E-state index contributed by atoms with van der Waals surface area (Å²) in [6, 6.07) is 9.53. The van der Waals surface area contributed by atoms with Gasteiger partial charge in [-0.15, -0.1) is 0 Å². The fourth-order valence-electron chi connectivity index (χ4n) is 4.82. The Bertz CT molecular complexity index is 973. The van der Waals surface area contributed by atoms with Gasteiger partial charge in [0.1, 0.15) is 11.5 Å². The van der Waals surface area contributed by atoms with Crippen molar-refractivity contribution in [2.45, 2.75) is 130 Å². The SMILES string of the molecule is CCC(C)(C)c1cc(C(C)(C)C)cc(C(C)c2cc(C(C)(C)C)cc(C(C)(C)CC)c2OC)c1OC. The molecule has 0 aliphatic rings. The summed E-state index contributed by atoms with van der Waals surface area (Å²) in [5.74, 6) is 2.14. The lowest BCUT2D eigenvalue weighted by Crippen LogP contribution is -2.23. The molecule has 36 heavy (non-hydrogen) atoms. The molecule has 0 heterocycles. The Labute approximate surface area is 223 Å². The van der Waals surface area contributed by atoms with E-state index in [1.807, 2.05) is 14.2 Å². The second-order valence-corrected chi connectivity index (χ2v) is 14.0. The lowest BCUT2D eigenvalue weighted by atomic mass is 9.73. The first-order valence-electron chi connectivity index (χ1n) is 13.8. The van der Waals surface area contributed by atoms with Gasteiger partial charge in [-0.1, -0.05) is 114 Å². The first-order chi connectivity index (χ1) is 16.4. The van der Waals surface area contributed by atoms with E-state index in [0.717, 1.165) is 24.3 Å². The van der Waals surface area contributed by atoms with Crippen LogP contribution in [-0.4, -0.2) is 14.2 Å². The number of hydrogen-bond donors (Lipinski definition) is 0. The van der Waals surface area contributed by atoms with Crippen molar-refractivity contribution in [1.29, 1.82) is 0 Å². The molecule has 0 aliphatic heterocycles. The van der Waals surface area contributed by atoms with Crippen LogP contribution in [0, 0.1) is 0 Å². The van der Waals surface area contributed by atoms with Gasteiger partial charge in [-0.3, -0.25) is 0 Å². The second kappa shape index (κ2) is 10.4. The molecule has 0 bridgehead atoms. The molecule has 0 atom stereocenters. The van der Waals surface area contributed by atoms with Crippen molar-refractivity contribution < 1.29 is 9.47 Å². The summed E-state index contributed by atoms with van der Waals surface area (Å²) in [6.45, 7) is 30.0. The number of rotatable bonds is 8. The van der Waals surface area contributed by atoms with Crippen LogP contribution in [0.4, 0.5) is 0 Å². The minimum Gasteiger partial charge on any atom is -0.496 e. The van der Waals surface area contributed by atoms with Gasteiger partial charge in [0, 0.05) is 28.2 Å². The highest BCUT2D eigenvalue weighted by molar-refractivity contribution is 5.58. The quantitative estimate of drug-likeness (QED) is 0.363. The molecule has 2 rings (SSSR count). The molecule has 0 saturated carbocycles. The van der Waals surface area contributed by atoms with Crippen LogP contribution in [0.25, 0.3) is 0 Å². The molecule has 0 N–H and O–H groups in total. The maximum atomic E-state index is 6.22. The Balaban J connectivity index is 3.02. The maximum Gasteiger partial charge on any atom is 0.126 e. The molecule has 0 amide bonds. The van der Waals surface area contributed by atoms with Crippen LogP contribution < -0.4 is 9.47 Å². The predicted molar refractivity (Wildman–Crippen MR) is 158 cm³/mol. The van der Waals surface area contributed by atoms with Crippen LogP contribution in [0.5, 0.6) is 11.5 Å². The van der Waals surface area contributed by atoms with Gasteiger partial charge in [0.15, 0.2) is 0 Å². The zero-order valence-corrected chi connectivity index (χ0v) is 26.1. The molecule has 2 nitrogen and oxygen atoms in total. The van der Waals surface area contributed by atoms with Crippen molar-refractivity contribution in [2.24, 2.45) is 0 Å². The van der Waals surface area contributed by atoms with Gasteiger partial charge in [-0.2, -0.15) is 0 Å². The highest BCUT2D eigenvalue weighted by Gasteiger charge is 2.33. The zero-order valence-electron chi connectivity index (χ0n) is 26.1. The van der Waals surface area contributed by atoms with E-state index in [1.165, 1.54) is 33.4 Å². The molecule has 0 saturated heterocycles. The van der Waals surface area contributed by atoms with Crippen LogP contribution in [0.1, 0.15) is 142 Å². The zero-order chi connectivity index (χ0) is 27.9. The lowest BCUT2D eigenvalue weighted by Gasteiger charge is -2.34. The van der Waals surface area contributed by atoms with E-state index in [2.05, 4.69) is 114 Å². The number of ether oxygens (including phenoxy) is 2. The minimum absolute atomic E-state index is 0.00772. The summed E-state index contributed by atoms with van der Waals surface area (Å²) in [5.41, 5.74) is 7.85. The summed E-state index contributed by atoms with van der Waals surface area (Å²) < 4.78 is 12.4. The van der Waals surface area contributed by atoms with Crippen molar-refractivity contribution in [1.82, 2.24) is 0 Å². The van der Waals surface area contributed by atoms with E-state index in [1.54, 1.807) is 0 Å². The van der Waals surface area contributed by atoms with Gasteiger partial charge in [0.05, 0.1) is 14.2 Å². The third-order valence-corrected chi connectivity index (χ3v) is 8.53. The van der Waals surface area contributed by atoms with Gasteiger partial charge in [-0.05, 0) is 45.6 Å².